The molecule has 3 heterocycles. The molecule has 1 N–H and O–H groups in total. The van der Waals surface area contributed by atoms with E-state index in [1.807, 2.05) is 0 Å². The number of nitrogens with zero attached hydrogens (tertiary/aromatic N) is 1. The summed E-state index contributed by atoms with van der Waals surface area (Å²) in [5, 5.41) is 9.78. The number of benzene rings is 1. The normalized spacial score (nSPS) is 35.4. The van der Waals surface area contributed by atoms with Gasteiger partial charge in [-0.1, -0.05) is 12.2 Å². The van der Waals surface area contributed by atoms with Crippen molar-refractivity contribution in [3.05, 3.63) is 42.0 Å². The highest BCUT2D eigenvalue weighted by atomic mass is 16.5. The van der Waals surface area contributed by atoms with Crippen LogP contribution in [0.15, 0.2) is 36.4 Å². The van der Waals surface area contributed by atoms with Gasteiger partial charge in [0.1, 0.15) is 5.60 Å². The summed E-state index contributed by atoms with van der Waals surface area (Å²) in [6, 6.07) is 6.08. The minimum Gasteiger partial charge on any atom is -0.465 e. The Hall–Kier alpha value is -2.51. The van der Waals surface area contributed by atoms with Gasteiger partial charge in [0.05, 0.1) is 42.4 Å². The van der Waals surface area contributed by atoms with Crippen molar-refractivity contribution in [2.24, 2.45) is 11.8 Å². The van der Waals surface area contributed by atoms with E-state index < -0.39 is 34.9 Å². The SMILES string of the molecule is COC(=O)c1ccc(N2C(=O)[C@@H]3[C@H](C2=O)[C@@]2(CO)C=C[C@@]3(C)O2)cc1. The number of rotatable bonds is 3. The second-order valence-electron chi connectivity index (χ2n) is 6.74. The first-order valence-electron chi connectivity index (χ1n) is 7.94. The molecule has 2 bridgehead atoms. The Bertz CT molecular complexity index is 815. The van der Waals surface area contributed by atoms with E-state index in [9.17, 15) is 19.5 Å². The highest BCUT2D eigenvalue weighted by Crippen LogP contribution is 2.57. The topological polar surface area (TPSA) is 93.1 Å². The zero-order chi connectivity index (χ0) is 18.0. The molecule has 4 atom stereocenters. The van der Waals surface area contributed by atoms with Gasteiger partial charge in [0.15, 0.2) is 0 Å². The van der Waals surface area contributed by atoms with Gasteiger partial charge in [0.25, 0.3) is 0 Å². The predicted molar refractivity (Wildman–Crippen MR) is 85.7 cm³/mol. The number of imide groups is 1. The summed E-state index contributed by atoms with van der Waals surface area (Å²) in [5.74, 6) is -2.67. The lowest BCUT2D eigenvalue weighted by Gasteiger charge is -2.26. The van der Waals surface area contributed by atoms with E-state index in [1.54, 1.807) is 19.1 Å². The van der Waals surface area contributed by atoms with Crippen LogP contribution < -0.4 is 4.90 Å². The average molecular weight is 343 g/mol. The summed E-state index contributed by atoms with van der Waals surface area (Å²) < 4.78 is 10.5. The van der Waals surface area contributed by atoms with Crippen LogP contribution in [0.1, 0.15) is 17.3 Å². The monoisotopic (exact) mass is 343 g/mol. The zero-order valence-corrected chi connectivity index (χ0v) is 13.8. The first-order chi connectivity index (χ1) is 11.9. The van der Waals surface area contributed by atoms with Crippen molar-refractivity contribution in [2.45, 2.75) is 18.1 Å². The van der Waals surface area contributed by atoms with Crippen LogP contribution in [0.3, 0.4) is 0 Å². The minimum absolute atomic E-state index is 0.328. The van der Waals surface area contributed by atoms with Crippen molar-refractivity contribution in [2.75, 3.05) is 18.6 Å². The van der Waals surface area contributed by atoms with Crippen molar-refractivity contribution in [3.8, 4) is 0 Å². The summed E-state index contributed by atoms with van der Waals surface area (Å²) in [6.07, 6.45) is 3.43. The van der Waals surface area contributed by atoms with E-state index in [0.717, 1.165) is 4.90 Å². The Balaban J connectivity index is 1.71. The van der Waals surface area contributed by atoms with Crippen LogP contribution in [-0.2, 0) is 19.1 Å². The van der Waals surface area contributed by atoms with Gasteiger partial charge >= 0.3 is 5.97 Å². The maximum atomic E-state index is 13.0. The number of esters is 1. The first-order valence-corrected chi connectivity index (χ1v) is 7.94. The van der Waals surface area contributed by atoms with E-state index in [-0.39, 0.29) is 12.5 Å². The van der Waals surface area contributed by atoms with E-state index in [2.05, 4.69) is 4.74 Å². The molecule has 2 amide bonds. The maximum Gasteiger partial charge on any atom is 0.337 e. The minimum atomic E-state index is -1.15. The van der Waals surface area contributed by atoms with Crippen LogP contribution in [0.5, 0.6) is 0 Å². The van der Waals surface area contributed by atoms with Gasteiger partial charge in [-0.2, -0.15) is 0 Å². The van der Waals surface area contributed by atoms with Gasteiger partial charge in [-0.3, -0.25) is 9.59 Å². The molecule has 4 rings (SSSR count). The maximum absolute atomic E-state index is 13.0. The molecule has 0 unspecified atom stereocenters. The standard InChI is InChI=1S/C18H17NO6/c1-17-7-8-18(9-20,25-17)13-12(17)14(21)19(15(13)22)11-5-3-10(4-6-11)16(23)24-2/h3-8,12-13,20H,9H2,1-2H3/t12-,13+,17+,18-/m0/s1. The third kappa shape index (κ3) is 1.90. The Morgan fingerprint density at radius 1 is 1.20 bits per heavy atom. The Morgan fingerprint density at radius 3 is 2.44 bits per heavy atom. The molecule has 3 aliphatic heterocycles. The number of hydrogen-bond acceptors (Lipinski definition) is 6. The molecule has 1 aromatic carbocycles. The van der Waals surface area contributed by atoms with E-state index in [0.29, 0.717) is 11.3 Å². The first kappa shape index (κ1) is 16.0. The van der Waals surface area contributed by atoms with Crippen molar-refractivity contribution in [1.29, 1.82) is 0 Å². The van der Waals surface area contributed by atoms with Gasteiger partial charge in [-0.25, -0.2) is 9.69 Å². The average Bonchev–Trinajstić information content (AvgIpc) is 3.20. The molecule has 130 valence electrons. The summed E-state index contributed by atoms with van der Waals surface area (Å²) in [7, 11) is 1.28. The molecule has 0 spiro atoms. The van der Waals surface area contributed by atoms with E-state index in [1.165, 1.54) is 31.4 Å². The Labute approximate surface area is 143 Å². The third-order valence-electron chi connectivity index (χ3n) is 5.35. The van der Waals surface area contributed by atoms with Gasteiger partial charge in [-0.15, -0.1) is 0 Å². The number of carbonyl (C=O) groups is 3. The number of hydrogen-bond donors (Lipinski definition) is 1. The largest absolute Gasteiger partial charge is 0.465 e. The van der Waals surface area contributed by atoms with Crippen molar-refractivity contribution >= 4 is 23.5 Å². The highest BCUT2D eigenvalue weighted by Gasteiger charge is 2.72. The van der Waals surface area contributed by atoms with Gasteiger partial charge < -0.3 is 14.6 Å². The third-order valence-corrected chi connectivity index (χ3v) is 5.35. The number of methoxy groups -OCH3 is 1. The molecule has 0 aliphatic carbocycles. The smallest absolute Gasteiger partial charge is 0.337 e. The fourth-order valence-electron chi connectivity index (χ4n) is 4.16. The quantitative estimate of drug-likeness (QED) is 0.493. The van der Waals surface area contributed by atoms with Crippen LogP contribution in [0, 0.1) is 11.8 Å². The zero-order valence-electron chi connectivity index (χ0n) is 13.8. The predicted octanol–water partition coefficient (Wildman–Crippen LogP) is 0.669. The van der Waals surface area contributed by atoms with Gasteiger partial charge in [0.2, 0.25) is 11.8 Å². The highest BCUT2D eigenvalue weighted by molar-refractivity contribution is 6.23. The van der Waals surface area contributed by atoms with Crippen LogP contribution in [0.4, 0.5) is 5.69 Å². The molecule has 0 radical (unpaired) electrons. The van der Waals surface area contributed by atoms with Crippen molar-refractivity contribution < 1.29 is 29.0 Å². The van der Waals surface area contributed by atoms with Crippen LogP contribution >= 0.6 is 0 Å². The fourth-order valence-corrected chi connectivity index (χ4v) is 4.16. The second-order valence-corrected chi connectivity index (χ2v) is 6.74. The molecule has 3 aliphatic rings. The summed E-state index contributed by atoms with van der Waals surface area (Å²) >= 11 is 0. The summed E-state index contributed by atoms with van der Waals surface area (Å²) in [4.78, 5) is 38.6. The lowest BCUT2D eigenvalue weighted by molar-refractivity contribution is -0.131. The second kappa shape index (κ2) is 5.00. The molecular formula is C18H17NO6. The van der Waals surface area contributed by atoms with Gasteiger partial charge in [0, 0.05) is 0 Å². The van der Waals surface area contributed by atoms with Gasteiger partial charge in [-0.05, 0) is 31.2 Å². The van der Waals surface area contributed by atoms with E-state index in [4.69, 9.17) is 4.74 Å². The molecule has 1 aromatic rings. The fraction of sp³-hybridized carbons (Fsp3) is 0.389. The van der Waals surface area contributed by atoms with E-state index >= 15 is 0 Å². The molecule has 7 heteroatoms. The molecule has 2 saturated heterocycles. The number of aliphatic hydroxyl groups is 1. The van der Waals surface area contributed by atoms with Crippen molar-refractivity contribution in [1.82, 2.24) is 0 Å². The molecule has 7 nitrogen and oxygen atoms in total. The molecule has 25 heavy (non-hydrogen) atoms. The summed E-state index contributed by atoms with van der Waals surface area (Å²) in [5.41, 5.74) is -1.34. The number of carbonyl (C=O) groups excluding carboxylic acids is 3. The molecule has 0 saturated carbocycles. The van der Waals surface area contributed by atoms with Crippen LogP contribution in [-0.4, -0.2) is 47.8 Å². The number of aliphatic hydroxyl groups excluding tert-OH is 1. The van der Waals surface area contributed by atoms with Crippen LogP contribution in [0.25, 0.3) is 0 Å². The number of anilines is 1. The number of amides is 2. The lowest BCUT2D eigenvalue weighted by Crippen LogP contribution is -2.43. The summed E-state index contributed by atoms with van der Waals surface area (Å²) in [6.45, 7) is 1.38. The molecule has 2 fully saturated rings. The Morgan fingerprint density at radius 2 is 1.84 bits per heavy atom. The lowest BCUT2D eigenvalue weighted by atomic mass is 9.73. The van der Waals surface area contributed by atoms with Crippen LogP contribution in [0.2, 0.25) is 0 Å². The van der Waals surface area contributed by atoms with Crippen molar-refractivity contribution in [3.63, 3.8) is 0 Å². The molecular weight excluding hydrogens is 326 g/mol. The Kier molecular flexibility index (Phi) is 3.20. The molecule has 0 aromatic heterocycles. The number of ether oxygens (including phenoxy) is 2. The number of fused-ring (bicyclic) bond motifs is 5.